The summed E-state index contributed by atoms with van der Waals surface area (Å²) in [4.78, 5) is 0. The van der Waals surface area contributed by atoms with Gasteiger partial charge >= 0.3 is 0 Å². The minimum Gasteiger partial charge on any atom is -0.493 e. The van der Waals surface area contributed by atoms with Gasteiger partial charge < -0.3 is 37.9 Å². The zero-order valence-electron chi connectivity index (χ0n) is 51.8. The second-order valence-corrected chi connectivity index (χ2v) is 29.5. The molecule has 1 aliphatic rings. The van der Waals surface area contributed by atoms with E-state index in [1.807, 2.05) is 19.9 Å². The number of benzene rings is 4. The average Bonchev–Trinajstić information content (AvgIpc) is 0.764. The van der Waals surface area contributed by atoms with Crippen LogP contribution in [0, 0.1) is 0 Å². The Kier molecular flexibility index (Phi) is 35.4. The van der Waals surface area contributed by atoms with E-state index in [2.05, 4.69) is 37.5 Å². The van der Waals surface area contributed by atoms with E-state index in [1.54, 1.807) is 50.3 Å². The fourth-order valence-corrected chi connectivity index (χ4v) is 12.5. The van der Waals surface area contributed by atoms with Gasteiger partial charge in [-0.2, -0.15) is 33.7 Å². The molecule has 0 aromatic heterocycles. The number of rotatable bonds is 45. The molecule has 4 aromatic rings. The van der Waals surface area contributed by atoms with Gasteiger partial charge in [0.1, 0.15) is 59.2 Å². The third-order valence-electron chi connectivity index (χ3n) is 13.8. The van der Waals surface area contributed by atoms with Crippen LogP contribution in [0.5, 0.6) is 46.0 Å². The number of fused-ring (bicyclic) bond motifs is 8. The molecule has 0 spiro atoms. The van der Waals surface area contributed by atoms with Gasteiger partial charge in [-0.3, -0.25) is 18.2 Å². The Morgan fingerprint density at radius 3 is 0.938 bits per heavy atom. The molecule has 0 aliphatic heterocycles. The van der Waals surface area contributed by atoms with Crippen molar-refractivity contribution in [2.75, 3.05) is 80.8 Å². The molecule has 8 N–H and O–H groups in total. The Morgan fingerprint density at radius 2 is 0.646 bits per heavy atom. The Bertz CT molecular complexity index is 3650. The highest BCUT2D eigenvalue weighted by Crippen LogP contribution is 2.51. The molecule has 8 bridgehead atoms. The maximum atomic E-state index is 12.0. The summed E-state index contributed by atoms with van der Waals surface area (Å²) >= 11 is 2.82. The van der Waals surface area contributed by atoms with E-state index in [1.165, 1.54) is 29.0 Å². The summed E-state index contributed by atoms with van der Waals surface area (Å²) in [5.41, 5.74) is 3.35. The van der Waals surface area contributed by atoms with E-state index in [9.17, 15) is 51.9 Å². The molecule has 5 rings (SSSR count). The van der Waals surface area contributed by atoms with Crippen LogP contribution in [0.15, 0.2) is 83.8 Å². The highest BCUT2D eigenvalue weighted by atomic mass is 32.2. The number of hydrogen-bond donors (Lipinski definition) is 8. The van der Waals surface area contributed by atoms with E-state index < -0.39 is 87.2 Å². The van der Waals surface area contributed by atoms with Crippen molar-refractivity contribution in [3.05, 3.63) is 128 Å². The van der Waals surface area contributed by atoms with Crippen LogP contribution in [0.4, 0.5) is 0 Å². The average molecular weight is 1520 g/mol. The van der Waals surface area contributed by atoms with Crippen LogP contribution in [0.2, 0.25) is 0 Å². The molecule has 0 fully saturated rings. The minimum absolute atomic E-state index is 0.0125. The molecule has 1 aliphatic carbocycles. The summed E-state index contributed by atoms with van der Waals surface area (Å²) in [6.07, 6.45) is 5.11. The van der Waals surface area contributed by atoms with Gasteiger partial charge in [-0.15, -0.1) is 17.3 Å². The maximum Gasteiger partial charge on any atom is 0.268 e. The summed E-state index contributed by atoms with van der Waals surface area (Å²) in [6, 6.07) is 13.4. The van der Waals surface area contributed by atoms with E-state index in [4.69, 9.17) is 58.9 Å². The molecule has 0 heterocycles. The molecule has 96 heavy (non-hydrogen) atoms. The quantitative estimate of drug-likeness (QED) is 0.00509. The van der Waals surface area contributed by atoms with Crippen LogP contribution in [0.1, 0.15) is 128 Å². The van der Waals surface area contributed by atoms with Crippen molar-refractivity contribution in [1.82, 2.24) is 0 Å². The lowest BCUT2D eigenvalue weighted by atomic mass is 9.80. The lowest BCUT2D eigenvalue weighted by Gasteiger charge is -2.29. The minimum atomic E-state index is -4.56. The van der Waals surface area contributed by atoms with Gasteiger partial charge in [0.25, 0.3) is 40.5 Å². The van der Waals surface area contributed by atoms with Crippen molar-refractivity contribution in [2.24, 2.45) is 0 Å². The standard InChI is InChI=1S/C56H74O32S8/c1-37-41-29-42(50(74-14-6-22-90-86-82-58)33-49(41)73-13-5-21-89-85-81-57)38(2)44-31-46(54(78-18-10-26-94(64,65)66)35-52(44)76-16-8-24-92-88-84-60)40(4)48-32-47(55(79-19-11-27-95(67,68)69)36-56(48)80-20-12-28-96(70,71)72)39(3)45-30-43(37)51(75-15-7-23-91-87-83-59)34-53(45)77-17-9-25-93(61,62)63/h5,8,10,18,21,24,29-40,57-60H,6-7,9,11-17,19-20,22-23,25-28H2,1-4H3,(H,61,62,63)(H,64,65,66)(H,67,68,69)(H,70,71,72). The predicted octanol–water partition coefficient (Wildman–Crippen LogP) is 11.0. The van der Waals surface area contributed by atoms with E-state index in [-0.39, 0.29) is 123 Å². The zero-order chi connectivity index (χ0) is 70.3. The molecule has 0 radical (unpaired) electrons. The van der Waals surface area contributed by atoms with E-state index in [0.717, 1.165) is 36.4 Å². The molecule has 538 valence electrons. The SMILES string of the molecule is CC1c2cc(c(OCC=CSOOO)cc2OC=CCS(=O)(=O)O)C(C)c2cc(c(OCC=CSOOO)cc2OCCCSOOO)C(C)c2cc(c(OCCCS(=O)(=O)O)cc2OCCCSOOO)C(C)c2cc1c(OCCCS(=O)(=O)O)cc2OCCCS(=O)(=O)O. The molecular weight excluding hydrogens is 1440 g/mol. The van der Waals surface area contributed by atoms with Crippen LogP contribution in [0.3, 0.4) is 0 Å². The van der Waals surface area contributed by atoms with Gasteiger partial charge in [0, 0.05) is 139 Å². The van der Waals surface area contributed by atoms with Gasteiger partial charge in [0.15, 0.2) is 0 Å². The molecule has 4 atom stereocenters. The predicted molar refractivity (Wildman–Crippen MR) is 350 cm³/mol. The Hall–Kier alpha value is -4.94. The maximum absolute atomic E-state index is 12.0. The molecule has 4 aromatic carbocycles. The smallest absolute Gasteiger partial charge is 0.268 e. The second kappa shape index (κ2) is 41.6. The van der Waals surface area contributed by atoms with Crippen molar-refractivity contribution in [3.63, 3.8) is 0 Å². The van der Waals surface area contributed by atoms with Gasteiger partial charge in [0.05, 0.1) is 86.4 Å². The first-order valence-electron chi connectivity index (χ1n) is 28.7. The molecule has 0 amide bonds. The second-order valence-electron chi connectivity index (χ2n) is 20.5. The third-order valence-corrected chi connectivity index (χ3v) is 19.0. The monoisotopic (exact) mass is 1510 g/mol. The first kappa shape index (κ1) is 81.7. The number of hydrogen-bond acceptors (Lipinski definition) is 32. The normalized spacial score (nSPS) is 16.1. The van der Waals surface area contributed by atoms with Crippen LogP contribution in [-0.4, -0.2) is 154 Å². The summed E-state index contributed by atoms with van der Waals surface area (Å²) in [7, 11) is -18.0. The topological polar surface area (TPSA) is 446 Å². The molecule has 4 unspecified atom stereocenters. The Labute approximate surface area is 571 Å². The molecule has 0 saturated carbocycles. The lowest BCUT2D eigenvalue weighted by Crippen LogP contribution is -2.15. The molecular formula is C56H74O32S8. The van der Waals surface area contributed by atoms with Crippen molar-refractivity contribution in [3.8, 4) is 46.0 Å². The van der Waals surface area contributed by atoms with Crippen molar-refractivity contribution in [2.45, 2.75) is 83.5 Å². The molecule has 40 heteroatoms. The van der Waals surface area contributed by atoms with Crippen LogP contribution in [-0.2, 0) is 78.0 Å². The summed E-state index contributed by atoms with van der Waals surface area (Å²) in [5.74, 6) is -4.66. The van der Waals surface area contributed by atoms with Crippen LogP contribution < -0.4 is 37.9 Å². The van der Waals surface area contributed by atoms with Crippen molar-refractivity contribution in [1.29, 1.82) is 0 Å². The molecule has 32 nitrogen and oxygen atoms in total. The van der Waals surface area contributed by atoms with Crippen LogP contribution in [0.25, 0.3) is 0 Å². The molecule has 0 saturated heterocycles. The highest BCUT2D eigenvalue weighted by Gasteiger charge is 2.32. The number of ether oxygens (including phenoxy) is 8. The highest BCUT2D eigenvalue weighted by molar-refractivity contribution is 7.97. The van der Waals surface area contributed by atoms with Gasteiger partial charge in [-0.25, -0.2) is 21.0 Å². The Balaban J connectivity index is 2.03. The first-order chi connectivity index (χ1) is 45.7. The largest absolute Gasteiger partial charge is 0.493 e. The summed E-state index contributed by atoms with van der Waals surface area (Å²) in [6.45, 7) is 6.04. The lowest BCUT2D eigenvalue weighted by molar-refractivity contribution is -0.432. The third kappa shape index (κ3) is 28.7. The fourth-order valence-electron chi connectivity index (χ4n) is 9.51. The fraction of sp³-hybridized carbons (Fsp3) is 0.464. The Morgan fingerprint density at radius 1 is 0.365 bits per heavy atom. The summed E-state index contributed by atoms with van der Waals surface area (Å²) in [5, 5.41) is 53.0. The van der Waals surface area contributed by atoms with Gasteiger partial charge in [-0.1, -0.05) is 47.8 Å². The van der Waals surface area contributed by atoms with E-state index >= 15 is 0 Å². The van der Waals surface area contributed by atoms with Crippen molar-refractivity contribution >= 4 is 88.6 Å². The van der Waals surface area contributed by atoms with Crippen LogP contribution >= 0.6 is 48.2 Å². The van der Waals surface area contributed by atoms with Gasteiger partial charge in [-0.05, 0) is 74.6 Å². The van der Waals surface area contributed by atoms with Crippen molar-refractivity contribution < 1.29 is 148 Å². The summed E-state index contributed by atoms with van der Waals surface area (Å²) < 4.78 is 205. The van der Waals surface area contributed by atoms with E-state index in [0.29, 0.717) is 81.4 Å². The van der Waals surface area contributed by atoms with Gasteiger partial charge in [0.2, 0.25) is 0 Å². The first-order valence-corrected chi connectivity index (χ1v) is 38.5. The zero-order valence-corrected chi connectivity index (χ0v) is 58.3.